The minimum atomic E-state index is 0.649. The van der Waals surface area contributed by atoms with Crippen LogP contribution in [0.4, 0.5) is 0 Å². The smallest absolute Gasteiger partial charge is 0.0372 e. The maximum atomic E-state index is 4.20. The molecule has 2 rings (SSSR count). The van der Waals surface area contributed by atoms with Crippen LogP contribution in [-0.4, -0.2) is 18.0 Å². The lowest BCUT2D eigenvalue weighted by Gasteiger charge is -2.35. The van der Waals surface area contributed by atoms with Gasteiger partial charge in [-0.05, 0) is 30.9 Å². The molecule has 0 bridgehead atoms. The van der Waals surface area contributed by atoms with Crippen LogP contribution in [0.5, 0.6) is 0 Å². The van der Waals surface area contributed by atoms with Crippen LogP contribution in [0.15, 0.2) is 36.3 Å². The van der Waals surface area contributed by atoms with E-state index in [-0.39, 0.29) is 0 Å². The van der Waals surface area contributed by atoms with Gasteiger partial charge in [-0.1, -0.05) is 39.2 Å². The van der Waals surface area contributed by atoms with Crippen LogP contribution in [0.2, 0.25) is 0 Å². The van der Waals surface area contributed by atoms with E-state index < -0.39 is 0 Å². The van der Waals surface area contributed by atoms with Crippen molar-refractivity contribution in [3.63, 3.8) is 0 Å². The monoisotopic (exact) mass is 246 g/mol. The molecule has 0 spiro atoms. The average Bonchev–Trinajstić information content (AvgIpc) is 2.34. The summed E-state index contributed by atoms with van der Waals surface area (Å²) >= 11 is 0. The highest BCUT2D eigenvalue weighted by atomic mass is 15.2. The van der Waals surface area contributed by atoms with Crippen molar-refractivity contribution in [2.24, 2.45) is 5.92 Å². The summed E-state index contributed by atoms with van der Waals surface area (Å²) in [6.07, 6.45) is 14.6. The van der Waals surface area contributed by atoms with Gasteiger partial charge >= 0.3 is 0 Å². The van der Waals surface area contributed by atoms with Crippen LogP contribution < -0.4 is 5.32 Å². The van der Waals surface area contributed by atoms with E-state index >= 15 is 0 Å². The molecule has 0 aromatic rings. The molecule has 0 aromatic heterocycles. The summed E-state index contributed by atoms with van der Waals surface area (Å²) in [6.45, 7) is 6.59. The Kier molecular flexibility index (Phi) is 4.51. The first-order chi connectivity index (χ1) is 8.70. The Labute approximate surface area is 111 Å². The molecule has 0 atom stereocenters. The normalized spacial score (nSPS) is 29.6. The number of nitrogens with zero attached hydrogens (tertiary/aromatic N) is 1. The van der Waals surface area contributed by atoms with Crippen LogP contribution in [-0.2, 0) is 0 Å². The second kappa shape index (κ2) is 6.12. The lowest BCUT2D eigenvalue weighted by Crippen LogP contribution is -2.32. The maximum Gasteiger partial charge on any atom is 0.0372 e. The van der Waals surface area contributed by atoms with Crippen molar-refractivity contribution < 1.29 is 0 Å². The zero-order valence-corrected chi connectivity index (χ0v) is 11.8. The molecule has 0 radical (unpaired) electrons. The molecule has 2 heteroatoms. The van der Waals surface area contributed by atoms with Gasteiger partial charge in [-0.3, -0.25) is 0 Å². The number of hydrogen-bond acceptors (Lipinski definition) is 2. The first kappa shape index (κ1) is 13.3. The number of likely N-dealkylation sites (N-methyl/N-ethyl adjacent to an activating group) is 1. The summed E-state index contributed by atoms with van der Waals surface area (Å²) in [4.78, 5) is 2.37. The molecule has 100 valence electrons. The van der Waals surface area contributed by atoms with Gasteiger partial charge in [0, 0.05) is 30.7 Å². The summed E-state index contributed by atoms with van der Waals surface area (Å²) in [5, 5.41) is 3.17. The maximum absolute atomic E-state index is 4.20. The Bertz CT molecular complexity index is 344. The first-order valence-electron chi connectivity index (χ1n) is 7.25. The van der Waals surface area contributed by atoms with E-state index in [2.05, 4.69) is 42.1 Å². The van der Waals surface area contributed by atoms with E-state index in [4.69, 9.17) is 0 Å². The third-order valence-electron chi connectivity index (χ3n) is 4.22. The van der Waals surface area contributed by atoms with E-state index in [0.29, 0.717) is 6.04 Å². The van der Waals surface area contributed by atoms with Gasteiger partial charge < -0.3 is 10.2 Å². The zero-order valence-electron chi connectivity index (χ0n) is 11.8. The van der Waals surface area contributed by atoms with Crippen LogP contribution in [0.25, 0.3) is 0 Å². The topological polar surface area (TPSA) is 15.3 Å². The van der Waals surface area contributed by atoms with Crippen molar-refractivity contribution in [1.29, 1.82) is 0 Å². The molecule has 2 nitrogen and oxygen atoms in total. The molecule has 1 heterocycles. The minimum Gasteiger partial charge on any atom is -0.388 e. The largest absolute Gasteiger partial charge is 0.388 e. The zero-order chi connectivity index (χ0) is 13.0. The van der Waals surface area contributed by atoms with Crippen molar-refractivity contribution in [3.8, 4) is 0 Å². The van der Waals surface area contributed by atoms with Crippen LogP contribution in [0.1, 0.15) is 45.4 Å². The van der Waals surface area contributed by atoms with E-state index in [0.717, 1.165) is 17.3 Å². The molecule has 0 unspecified atom stereocenters. The molecule has 1 N–H and O–H groups in total. The van der Waals surface area contributed by atoms with Crippen LogP contribution in [0, 0.1) is 5.92 Å². The van der Waals surface area contributed by atoms with Gasteiger partial charge in [-0.2, -0.15) is 0 Å². The summed E-state index contributed by atoms with van der Waals surface area (Å²) in [6, 6.07) is 0.649. The fraction of sp³-hybridized carbons (Fsp3) is 0.625. The molecular weight excluding hydrogens is 220 g/mol. The quantitative estimate of drug-likeness (QED) is 0.797. The van der Waals surface area contributed by atoms with Gasteiger partial charge in [0.2, 0.25) is 0 Å². The molecule has 1 fully saturated rings. The Balaban J connectivity index is 1.97. The Morgan fingerprint density at radius 2 is 1.89 bits per heavy atom. The van der Waals surface area contributed by atoms with E-state index in [1.807, 2.05) is 7.05 Å². The van der Waals surface area contributed by atoms with Crippen LogP contribution in [0.3, 0.4) is 0 Å². The van der Waals surface area contributed by atoms with E-state index in [1.165, 1.54) is 38.5 Å². The van der Waals surface area contributed by atoms with E-state index in [1.54, 1.807) is 0 Å². The van der Waals surface area contributed by atoms with Crippen molar-refractivity contribution in [3.05, 3.63) is 36.3 Å². The van der Waals surface area contributed by atoms with Crippen molar-refractivity contribution >= 4 is 0 Å². The molecular formula is C16H26N2. The Morgan fingerprint density at radius 1 is 1.22 bits per heavy atom. The second-order valence-electron chi connectivity index (χ2n) is 5.68. The predicted molar refractivity (Wildman–Crippen MR) is 77.9 cm³/mol. The van der Waals surface area contributed by atoms with Gasteiger partial charge in [0.25, 0.3) is 0 Å². The first-order valence-corrected chi connectivity index (χ1v) is 7.25. The second-order valence-corrected chi connectivity index (χ2v) is 5.68. The number of hydrogen-bond donors (Lipinski definition) is 1. The summed E-state index contributed by atoms with van der Waals surface area (Å²) in [5.41, 5.74) is 2.27. The SMILES string of the molecule is C=C1C=C(NC)C=CN1C1CCCC(C)CCC1. The fourth-order valence-electron chi connectivity index (χ4n) is 3.04. The highest BCUT2D eigenvalue weighted by Gasteiger charge is 2.21. The molecule has 0 saturated heterocycles. The molecule has 0 aromatic carbocycles. The van der Waals surface area contributed by atoms with Gasteiger partial charge in [-0.25, -0.2) is 0 Å². The van der Waals surface area contributed by atoms with Crippen molar-refractivity contribution in [2.45, 2.75) is 51.5 Å². The third-order valence-corrected chi connectivity index (χ3v) is 4.22. The van der Waals surface area contributed by atoms with Crippen molar-refractivity contribution in [1.82, 2.24) is 10.2 Å². The van der Waals surface area contributed by atoms with Gasteiger partial charge in [-0.15, -0.1) is 0 Å². The molecule has 1 saturated carbocycles. The molecule has 1 aliphatic heterocycles. The van der Waals surface area contributed by atoms with Crippen LogP contribution >= 0.6 is 0 Å². The summed E-state index contributed by atoms with van der Waals surface area (Å²) < 4.78 is 0. The van der Waals surface area contributed by atoms with Crippen molar-refractivity contribution in [2.75, 3.05) is 7.05 Å². The fourth-order valence-corrected chi connectivity index (χ4v) is 3.04. The summed E-state index contributed by atoms with van der Waals surface area (Å²) in [7, 11) is 1.95. The highest BCUT2D eigenvalue weighted by molar-refractivity contribution is 5.32. The van der Waals surface area contributed by atoms with E-state index in [9.17, 15) is 0 Å². The molecule has 2 aliphatic rings. The number of rotatable bonds is 2. The molecule has 18 heavy (non-hydrogen) atoms. The standard InChI is InChI=1S/C16H26N2/c1-13-6-4-8-16(9-5-7-13)18-11-10-15(17-3)12-14(18)2/h10-13,16-17H,2,4-9H2,1,3H3. The number of allylic oxidation sites excluding steroid dienone is 2. The molecule has 0 amide bonds. The Morgan fingerprint density at radius 3 is 2.44 bits per heavy atom. The minimum absolute atomic E-state index is 0.649. The Hall–Kier alpha value is -1.18. The summed E-state index contributed by atoms with van der Waals surface area (Å²) in [5.74, 6) is 0.918. The van der Waals surface area contributed by atoms with Gasteiger partial charge in [0.15, 0.2) is 0 Å². The molecule has 1 aliphatic carbocycles. The predicted octanol–water partition coefficient (Wildman–Crippen LogP) is 3.79. The third kappa shape index (κ3) is 3.18. The number of nitrogens with one attached hydrogen (secondary N) is 1. The van der Waals surface area contributed by atoms with Gasteiger partial charge in [0.05, 0.1) is 0 Å². The average molecular weight is 246 g/mol. The highest BCUT2D eigenvalue weighted by Crippen LogP contribution is 2.28. The lowest BCUT2D eigenvalue weighted by molar-refractivity contribution is 0.261. The van der Waals surface area contributed by atoms with Gasteiger partial charge in [0.1, 0.15) is 0 Å². The lowest BCUT2D eigenvalue weighted by atomic mass is 9.89.